The van der Waals surface area contributed by atoms with Crippen LogP contribution in [0, 0.1) is 17.8 Å². The van der Waals surface area contributed by atoms with Crippen LogP contribution in [0.25, 0.3) is 0 Å². The van der Waals surface area contributed by atoms with Crippen molar-refractivity contribution in [2.75, 3.05) is 0 Å². The van der Waals surface area contributed by atoms with Crippen LogP contribution in [0.15, 0.2) is 0 Å². The summed E-state index contributed by atoms with van der Waals surface area (Å²) < 4.78 is 0. The molecule has 0 heterocycles. The highest BCUT2D eigenvalue weighted by atomic mass is 16.4. The first-order chi connectivity index (χ1) is 8.96. The minimum absolute atomic E-state index is 0.0814. The van der Waals surface area contributed by atoms with Crippen LogP contribution in [0.3, 0.4) is 0 Å². The normalized spacial score (nSPS) is 41.0. The maximum atomic E-state index is 12.1. The summed E-state index contributed by atoms with van der Waals surface area (Å²) in [6.07, 6.45) is 6.83. The summed E-state index contributed by atoms with van der Waals surface area (Å²) in [6, 6.07) is -0.925. The second kappa shape index (κ2) is 4.47. The first kappa shape index (κ1) is 12.9. The molecule has 4 aliphatic rings. The fraction of sp³-hybridized carbons (Fsp3) is 0.857. The van der Waals surface area contributed by atoms with E-state index in [1.54, 1.807) is 0 Å². The molecule has 0 spiro atoms. The molecule has 5 nitrogen and oxygen atoms in total. The standard InChI is InChI=1S/C14H22N2O3/c15-11(4-12(17)18)13(19)16-14-5-8-1-9(6-14)3-10(2-8)7-14/h8-11H,1-7,15H2,(H,16,19)(H,17,18)/t8?,9?,10?,11-,14?/m0/s1. The number of hydrogen-bond donors (Lipinski definition) is 3. The van der Waals surface area contributed by atoms with Gasteiger partial charge in [-0.2, -0.15) is 0 Å². The smallest absolute Gasteiger partial charge is 0.305 e. The zero-order valence-corrected chi connectivity index (χ0v) is 11.1. The molecule has 4 saturated carbocycles. The van der Waals surface area contributed by atoms with Gasteiger partial charge in [0.2, 0.25) is 5.91 Å². The van der Waals surface area contributed by atoms with E-state index in [4.69, 9.17) is 10.8 Å². The Morgan fingerprint density at radius 3 is 2.05 bits per heavy atom. The van der Waals surface area contributed by atoms with Crippen LogP contribution in [0.5, 0.6) is 0 Å². The van der Waals surface area contributed by atoms with E-state index < -0.39 is 12.0 Å². The predicted molar refractivity (Wildman–Crippen MR) is 69.3 cm³/mol. The van der Waals surface area contributed by atoms with Crippen LogP contribution in [0.1, 0.15) is 44.9 Å². The van der Waals surface area contributed by atoms with Gasteiger partial charge in [-0.3, -0.25) is 9.59 Å². The summed E-state index contributed by atoms with van der Waals surface area (Å²) in [4.78, 5) is 22.7. The lowest BCUT2D eigenvalue weighted by molar-refractivity contribution is -0.140. The molecule has 4 bridgehead atoms. The third-order valence-corrected chi connectivity index (χ3v) is 5.16. The number of carbonyl (C=O) groups excluding carboxylic acids is 1. The Morgan fingerprint density at radius 2 is 1.63 bits per heavy atom. The van der Waals surface area contributed by atoms with Gasteiger partial charge in [0.15, 0.2) is 0 Å². The quantitative estimate of drug-likeness (QED) is 0.704. The van der Waals surface area contributed by atoms with Gasteiger partial charge in [-0.25, -0.2) is 0 Å². The number of amides is 1. The summed E-state index contributed by atoms with van der Waals surface area (Å²) in [5.41, 5.74) is 5.57. The zero-order chi connectivity index (χ0) is 13.6. The molecule has 4 N–H and O–H groups in total. The number of carboxylic acids is 1. The molecule has 0 aromatic carbocycles. The molecule has 0 radical (unpaired) electrons. The Bertz CT molecular complexity index is 372. The van der Waals surface area contributed by atoms with Gasteiger partial charge in [0.05, 0.1) is 12.5 Å². The first-order valence-electron chi connectivity index (χ1n) is 7.25. The van der Waals surface area contributed by atoms with Gasteiger partial charge in [0, 0.05) is 5.54 Å². The number of hydrogen-bond acceptors (Lipinski definition) is 3. The van der Waals surface area contributed by atoms with Gasteiger partial charge < -0.3 is 16.2 Å². The molecule has 4 rings (SSSR count). The van der Waals surface area contributed by atoms with E-state index in [9.17, 15) is 9.59 Å². The molecule has 5 heteroatoms. The number of carbonyl (C=O) groups is 2. The fourth-order valence-electron chi connectivity index (χ4n) is 4.90. The minimum Gasteiger partial charge on any atom is -0.481 e. The molecule has 1 atom stereocenters. The maximum Gasteiger partial charge on any atom is 0.305 e. The highest BCUT2D eigenvalue weighted by Crippen LogP contribution is 2.55. The third-order valence-electron chi connectivity index (χ3n) is 5.16. The molecule has 0 aromatic heterocycles. The molecule has 0 aliphatic heterocycles. The van der Waals surface area contributed by atoms with E-state index in [-0.39, 0.29) is 17.9 Å². The fourth-order valence-corrected chi connectivity index (χ4v) is 4.90. The van der Waals surface area contributed by atoms with Crippen molar-refractivity contribution in [3.8, 4) is 0 Å². The number of carboxylic acid groups (broad SMARTS) is 1. The van der Waals surface area contributed by atoms with Crippen LogP contribution in [0.2, 0.25) is 0 Å². The monoisotopic (exact) mass is 266 g/mol. The maximum absolute atomic E-state index is 12.1. The molecule has 106 valence electrons. The zero-order valence-electron chi connectivity index (χ0n) is 11.1. The van der Waals surface area contributed by atoms with Gasteiger partial charge in [-0.1, -0.05) is 0 Å². The summed E-state index contributed by atoms with van der Waals surface area (Å²) in [5, 5.41) is 11.8. The van der Waals surface area contributed by atoms with Gasteiger partial charge in [0.25, 0.3) is 0 Å². The summed E-state index contributed by atoms with van der Waals surface area (Å²) in [6.45, 7) is 0. The van der Waals surface area contributed by atoms with E-state index in [0.717, 1.165) is 37.0 Å². The Morgan fingerprint density at radius 1 is 1.16 bits per heavy atom. The average molecular weight is 266 g/mol. The lowest BCUT2D eigenvalue weighted by atomic mass is 9.53. The van der Waals surface area contributed by atoms with E-state index in [0.29, 0.717) is 0 Å². The van der Waals surface area contributed by atoms with Crippen molar-refractivity contribution >= 4 is 11.9 Å². The molecule has 0 saturated heterocycles. The molecule has 0 unspecified atom stereocenters. The largest absolute Gasteiger partial charge is 0.481 e. The van der Waals surface area contributed by atoms with E-state index in [1.165, 1.54) is 19.3 Å². The average Bonchev–Trinajstić information content (AvgIpc) is 2.24. The van der Waals surface area contributed by atoms with Crippen molar-refractivity contribution < 1.29 is 14.7 Å². The first-order valence-corrected chi connectivity index (χ1v) is 7.25. The van der Waals surface area contributed by atoms with Gasteiger partial charge in [-0.05, 0) is 56.3 Å². The molecule has 4 fully saturated rings. The summed E-state index contributed by atoms with van der Waals surface area (Å²) in [7, 11) is 0. The number of nitrogens with two attached hydrogens (primary N) is 1. The van der Waals surface area contributed by atoms with Gasteiger partial charge in [-0.15, -0.1) is 0 Å². The Hall–Kier alpha value is -1.10. The highest BCUT2D eigenvalue weighted by molar-refractivity contribution is 5.86. The Balaban J connectivity index is 1.66. The van der Waals surface area contributed by atoms with Crippen molar-refractivity contribution in [1.29, 1.82) is 0 Å². The Labute approximate surface area is 112 Å². The van der Waals surface area contributed by atoms with Crippen LogP contribution in [-0.4, -0.2) is 28.6 Å². The minimum atomic E-state index is -1.02. The molecule has 1 amide bonds. The molecule has 4 aliphatic carbocycles. The van der Waals surface area contributed by atoms with E-state index in [2.05, 4.69) is 5.32 Å². The third kappa shape index (κ3) is 2.48. The highest BCUT2D eigenvalue weighted by Gasteiger charge is 2.51. The van der Waals surface area contributed by atoms with Crippen LogP contribution >= 0.6 is 0 Å². The molecule has 19 heavy (non-hydrogen) atoms. The van der Waals surface area contributed by atoms with Crippen LogP contribution < -0.4 is 11.1 Å². The van der Waals surface area contributed by atoms with Crippen molar-refractivity contribution in [2.24, 2.45) is 23.5 Å². The van der Waals surface area contributed by atoms with E-state index >= 15 is 0 Å². The predicted octanol–water partition coefficient (Wildman–Crippen LogP) is 0.873. The molecular formula is C14H22N2O3. The van der Waals surface area contributed by atoms with Gasteiger partial charge in [0.1, 0.15) is 0 Å². The topological polar surface area (TPSA) is 92.4 Å². The van der Waals surface area contributed by atoms with E-state index in [1.807, 2.05) is 0 Å². The van der Waals surface area contributed by atoms with Crippen molar-refractivity contribution in [3.05, 3.63) is 0 Å². The SMILES string of the molecule is N[C@@H](CC(=O)O)C(=O)NC12CC3CC(CC(C3)C1)C2. The number of aliphatic carboxylic acids is 1. The Kier molecular flexibility index (Phi) is 3.04. The van der Waals surface area contributed by atoms with Crippen molar-refractivity contribution in [3.63, 3.8) is 0 Å². The summed E-state index contributed by atoms with van der Waals surface area (Å²) >= 11 is 0. The van der Waals surface area contributed by atoms with Crippen molar-refractivity contribution in [2.45, 2.75) is 56.5 Å². The number of rotatable bonds is 4. The van der Waals surface area contributed by atoms with Crippen LogP contribution in [-0.2, 0) is 9.59 Å². The van der Waals surface area contributed by atoms with Crippen LogP contribution in [0.4, 0.5) is 0 Å². The van der Waals surface area contributed by atoms with Crippen molar-refractivity contribution in [1.82, 2.24) is 5.32 Å². The second-order valence-electron chi connectivity index (χ2n) is 6.89. The summed E-state index contributed by atoms with van der Waals surface area (Å²) in [5.74, 6) is 0.948. The lowest BCUT2D eigenvalue weighted by Crippen LogP contribution is -2.62. The number of nitrogens with one attached hydrogen (secondary N) is 1. The molecular weight excluding hydrogens is 244 g/mol. The van der Waals surface area contributed by atoms with Gasteiger partial charge >= 0.3 is 5.97 Å². The molecule has 0 aromatic rings. The second-order valence-corrected chi connectivity index (χ2v) is 6.89. The lowest BCUT2D eigenvalue weighted by Gasteiger charge is -2.57.